The number of rotatable bonds is 8. The smallest absolute Gasteiger partial charge is 0.189 e. The molecule has 0 saturated carbocycles. The molecule has 4 aromatic rings. The maximum absolute atomic E-state index is 12.6. The number of carbonyl (C=O) groups is 1. The van der Waals surface area contributed by atoms with E-state index in [2.05, 4.69) is 12.4 Å². The molecule has 5 heteroatoms. The topological polar surface area (TPSA) is 71.1 Å². The van der Waals surface area contributed by atoms with Crippen molar-refractivity contribution in [2.75, 3.05) is 9.80 Å². The molecule has 0 aromatic heterocycles. The van der Waals surface area contributed by atoms with Gasteiger partial charge in [0.15, 0.2) is 12.4 Å². The van der Waals surface area contributed by atoms with Crippen molar-refractivity contribution in [2.45, 2.75) is 12.8 Å². The fourth-order valence-electron chi connectivity index (χ4n) is 3.73. The number of carbonyl (C=O) groups excluding carboxylic acids is 1. The molecule has 0 aliphatic carbocycles. The largest absolute Gasteiger partial charge is 0.299 e. The third-order valence-electron chi connectivity index (χ3n) is 5.42. The Morgan fingerprint density at radius 2 is 0.853 bits per heavy atom. The van der Waals surface area contributed by atoms with Crippen LogP contribution in [0.1, 0.15) is 11.1 Å². The molecule has 0 saturated heterocycles. The van der Waals surface area contributed by atoms with E-state index in [1.807, 2.05) is 109 Å². The van der Waals surface area contributed by atoms with Crippen LogP contribution in [-0.2, 0) is 17.6 Å². The summed E-state index contributed by atoms with van der Waals surface area (Å²) < 4.78 is 0. The molecule has 0 aliphatic rings. The van der Waals surface area contributed by atoms with Crippen molar-refractivity contribution in [3.63, 3.8) is 0 Å². The quantitative estimate of drug-likeness (QED) is 0.237. The SMILES string of the molecule is N#CN(c1ccccc1)c1ccc(CC(=O)Cc2ccc(N(C#N)c3ccccc3)cc2)cc1. The van der Waals surface area contributed by atoms with Crippen LogP contribution in [0.4, 0.5) is 22.7 Å². The van der Waals surface area contributed by atoms with Gasteiger partial charge in [0, 0.05) is 12.8 Å². The van der Waals surface area contributed by atoms with Gasteiger partial charge < -0.3 is 0 Å². The summed E-state index contributed by atoms with van der Waals surface area (Å²) >= 11 is 0. The van der Waals surface area contributed by atoms with Crippen LogP contribution >= 0.6 is 0 Å². The van der Waals surface area contributed by atoms with Crippen molar-refractivity contribution in [3.05, 3.63) is 120 Å². The molecular formula is C29H22N4O. The normalized spacial score (nSPS) is 10.1. The molecule has 0 spiro atoms. The molecule has 0 bridgehead atoms. The highest BCUT2D eigenvalue weighted by atomic mass is 16.1. The van der Waals surface area contributed by atoms with E-state index in [4.69, 9.17) is 0 Å². The van der Waals surface area contributed by atoms with Crippen LogP contribution in [0.3, 0.4) is 0 Å². The molecule has 0 atom stereocenters. The van der Waals surface area contributed by atoms with Gasteiger partial charge in [-0.1, -0.05) is 60.7 Å². The van der Waals surface area contributed by atoms with Crippen molar-refractivity contribution in [3.8, 4) is 12.4 Å². The van der Waals surface area contributed by atoms with Crippen LogP contribution in [0.2, 0.25) is 0 Å². The third-order valence-corrected chi connectivity index (χ3v) is 5.42. The molecule has 164 valence electrons. The van der Waals surface area contributed by atoms with Crippen LogP contribution in [0.5, 0.6) is 0 Å². The minimum Gasteiger partial charge on any atom is -0.299 e. The molecule has 34 heavy (non-hydrogen) atoms. The number of ketones is 1. The molecule has 4 rings (SSSR count). The minimum atomic E-state index is 0.0981. The molecule has 0 N–H and O–H groups in total. The van der Waals surface area contributed by atoms with Gasteiger partial charge in [-0.25, -0.2) is 9.80 Å². The Morgan fingerprint density at radius 3 is 1.18 bits per heavy atom. The van der Waals surface area contributed by atoms with Gasteiger partial charge >= 0.3 is 0 Å². The Hall–Kier alpha value is -4.87. The second-order valence-electron chi connectivity index (χ2n) is 7.77. The Kier molecular flexibility index (Phi) is 6.98. The van der Waals surface area contributed by atoms with Gasteiger partial charge in [0.1, 0.15) is 5.78 Å². The lowest BCUT2D eigenvalue weighted by molar-refractivity contribution is -0.117. The lowest BCUT2D eigenvalue weighted by Gasteiger charge is -2.16. The lowest BCUT2D eigenvalue weighted by Crippen LogP contribution is -2.10. The number of Topliss-reactive ketones (excluding diaryl/α,β-unsaturated/α-hetero) is 1. The van der Waals surface area contributed by atoms with E-state index in [0.29, 0.717) is 12.8 Å². The van der Waals surface area contributed by atoms with Gasteiger partial charge in [-0.15, -0.1) is 0 Å². The van der Waals surface area contributed by atoms with Crippen molar-refractivity contribution in [1.29, 1.82) is 10.5 Å². The number of para-hydroxylation sites is 2. The second-order valence-corrected chi connectivity index (χ2v) is 7.77. The monoisotopic (exact) mass is 442 g/mol. The molecule has 0 amide bonds. The first-order chi connectivity index (χ1) is 16.7. The average Bonchev–Trinajstić information content (AvgIpc) is 2.88. The number of nitrogens with zero attached hydrogens (tertiary/aromatic N) is 4. The van der Waals surface area contributed by atoms with Crippen molar-refractivity contribution >= 4 is 28.5 Å². The third kappa shape index (κ3) is 5.30. The van der Waals surface area contributed by atoms with Crippen LogP contribution < -0.4 is 9.80 Å². The molecule has 0 aliphatic heterocycles. The zero-order chi connectivity index (χ0) is 23.8. The average molecular weight is 443 g/mol. The zero-order valence-electron chi connectivity index (χ0n) is 18.5. The summed E-state index contributed by atoms with van der Waals surface area (Å²) in [6.45, 7) is 0. The van der Waals surface area contributed by atoms with Crippen LogP contribution in [-0.4, -0.2) is 5.78 Å². The molecule has 0 heterocycles. The standard InChI is InChI=1S/C29H22N4O/c30-21-32(25-7-3-1-4-8-25)27-15-11-23(12-16-27)19-29(34)20-24-13-17-28(18-14-24)33(22-31)26-9-5-2-6-10-26/h1-18H,19-20H2. The highest BCUT2D eigenvalue weighted by Crippen LogP contribution is 2.26. The van der Waals surface area contributed by atoms with Crippen LogP contribution in [0.25, 0.3) is 0 Å². The number of anilines is 4. The maximum Gasteiger partial charge on any atom is 0.189 e. The fourth-order valence-corrected chi connectivity index (χ4v) is 3.73. The molecule has 0 radical (unpaired) electrons. The highest BCUT2D eigenvalue weighted by Gasteiger charge is 2.11. The van der Waals surface area contributed by atoms with Crippen molar-refractivity contribution in [2.24, 2.45) is 0 Å². The second kappa shape index (κ2) is 10.6. The van der Waals surface area contributed by atoms with Gasteiger partial charge in [0.25, 0.3) is 0 Å². The zero-order valence-corrected chi connectivity index (χ0v) is 18.5. The van der Waals surface area contributed by atoms with E-state index in [1.165, 1.54) is 0 Å². The minimum absolute atomic E-state index is 0.0981. The van der Waals surface area contributed by atoms with E-state index < -0.39 is 0 Å². The van der Waals surface area contributed by atoms with E-state index in [0.717, 1.165) is 33.9 Å². The number of benzene rings is 4. The molecule has 0 fully saturated rings. The van der Waals surface area contributed by atoms with Gasteiger partial charge in [-0.05, 0) is 59.7 Å². The predicted octanol–water partition coefficient (Wildman–Crippen LogP) is 6.28. The van der Waals surface area contributed by atoms with Crippen molar-refractivity contribution < 1.29 is 4.79 Å². The number of nitriles is 2. The summed E-state index contributed by atoms with van der Waals surface area (Å²) in [5, 5.41) is 19.1. The van der Waals surface area contributed by atoms with Crippen molar-refractivity contribution in [1.82, 2.24) is 0 Å². The van der Waals surface area contributed by atoms with E-state index in [9.17, 15) is 15.3 Å². The Balaban J connectivity index is 1.38. The Labute approximate surface area is 199 Å². The maximum atomic E-state index is 12.6. The fraction of sp³-hybridized carbons (Fsp3) is 0.0690. The first kappa shape index (κ1) is 22.3. The van der Waals surface area contributed by atoms with Crippen LogP contribution in [0, 0.1) is 22.9 Å². The highest BCUT2D eigenvalue weighted by molar-refractivity contribution is 5.83. The Morgan fingerprint density at radius 1 is 0.529 bits per heavy atom. The van der Waals surface area contributed by atoms with Gasteiger partial charge in [0.2, 0.25) is 0 Å². The van der Waals surface area contributed by atoms with E-state index in [-0.39, 0.29) is 5.78 Å². The molecule has 5 nitrogen and oxygen atoms in total. The molecule has 4 aromatic carbocycles. The van der Waals surface area contributed by atoms with Gasteiger partial charge in [0.05, 0.1) is 22.7 Å². The van der Waals surface area contributed by atoms with Gasteiger partial charge in [-0.3, -0.25) is 4.79 Å². The summed E-state index contributed by atoms with van der Waals surface area (Å²) in [4.78, 5) is 15.7. The van der Waals surface area contributed by atoms with Gasteiger partial charge in [-0.2, -0.15) is 10.5 Å². The number of hydrogen-bond acceptors (Lipinski definition) is 5. The van der Waals surface area contributed by atoms with E-state index >= 15 is 0 Å². The first-order valence-electron chi connectivity index (χ1n) is 10.9. The summed E-state index contributed by atoms with van der Waals surface area (Å²) in [5.74, 6) is 0.0981. The summed E-state index contributed by atoms with van der Waals surface area (Å²) in [6.07, 6.45) is 5.02. The van der Waals surface area contributed by atoms with E-state index in [1.54, 1.807) is 9.80 Å². The summed E-state index contributed by atoms with van der Waals surface area (Å²) in [6, 6.07) is 33.8. The summed E-state index contributed by atoms with van der Waals surface area (Å²) in [5.41, 5.74) is 4.88. The lowest BCUT2D eigenvalue weighted by atomic mass is 10.0. The van der Waals surface area contributed by atoms with Crippen LogP contribution in [0.15, 0.2) is 109 Å². The predicted molar refractivity (Wildman–Crippen MR) is 134 cm³/mol. The first-order valence-corrected chi connectivity index (χ1v) is 10.9. The molecular weight excluding hydrogens is 420 g/mol. The summed E-state index contributed by atoms with van der Waals surface area (Å²) in [7, 11) is 0. The molecule has 0 unspecified atom stereocenters. The number of hydrogen-bond donors (Lipinski definition) is 0. The Bertz CT molecular complexity index is 1210.